The number of piperidine rings is 1. The molecule has 1 saturated heterocycles. The molecule has 1 amide bonds. The van der Waals surface area contributed by atoms with Crippen LogP contribution in [0.25, 0.3) is 10.9 Å². The highest BCUT2D eigenvalue weighted by Gasteiger charge is 2.30. The number of hydrogen-bond acceptors (Lipinski definition) is 4. The summed E-state index contributed by atoms with van der Waals surface area (Å²) in [5.74, 6) is -0.814. The monoisotopic (exact) mass is 346 g/mol. The molecule has 0 bridgehead atoms. The Morgan fingerprint density at radius 1 is 1.21 bits per heavy atom. The standard InChI is InChI=1S/C18H22N2O3S/c1-2-15-8-5-6-12-20(15)18(21)13-24(22,23)17-11-10-14-7-3-4-9-16(14)19-17/h3-4,7,9-11,15H,2,5-6,8,12-13H2,1H3/t15-/m1/s1. The SMILES string of the molecule is CC[C@@H]1CCCCN1C(=O)CS(=O)(=O)c1ccc2ccccc2n1. The zero-order valence-corrected chi connectivity index (χ0v) is 14.6. The predicted molar refractivity (Wildman–Crippen MR) is 93.4 cm³/mol. The van der Waals surface area contributed by atoms with Gasteiger partial charge in [-0.3, -0.25) is 4.79 Å². The number of aromatic nitrogens is 1. The number of carbonyl (C=O) groups is 1. The second-order valence-corrected chi connectivity index (χ2v) is 8.18. The molecule has 0 saturated carbocycles. The zero-order valence-electron chi connectivity index (χ0n) is 13.8. The molecular formula is C18H22N2O3S. The normalized spacial score (nSPS) is 18.7. The second kappa shape index (κ2) is 6.89. The topological polar surface area (TPSA) is 67.3 Å². The summed E-state index contributed by atoms with van der Waals surface area (Å²) in [5, 5.41) is 0.851. The van der Waals surface area contributed by atoms with Crippen molar-refractivity contribution in [3.63, 3.8) is 0 Å². The molecule has 1 fully saturated rings. The number of carbonyl (C=O) groups excluding carboxylic acids is 1. The van der Waals surface area contributed by atoms with E-state index in [1.54, 1.807) is 17.0 Å². The van der Waals surface area contributed by atoms with Crippen LogP contribution < -0.4 is 0 Å². The van der Waals surface area contributed by atoms with E-state index in [1.807, 2.05) is 25.1 Å². The number of hydrogen-bond donors (Lipinski definition) is 0. The molecule has 1 aliphatic rings. The van der Waals surface area contributed by atoms with Crippen molar-refractivity contribution in [2.24, 2.45) is 0 Å². The molecule has 24 heavy (non-hydrogen) atoms. The van der Waals surface area contributed by atoms with E-state index in [0.717, 1.165) is 31.1 Å². The van der Waals surface area contributed by atoms with Gasteiger partial charge in [0.05, 0.1) is 5.52 Å². The van der Waals surface area contributed by atoms with Crippen molar-refractivity contribution in [3.8, 4) is 0 Å². The molecule has 0 spiro atoms. The van der Waals surface area contributed by atoms with Crippen LogP contribution in [-0.4, -0.2) is 42.5 Å². The number of nitrogens with zero attached hydrogens (tertiary/aromatic N) is 2. The lowest BCUT2D eigenvalue weighted by atomic mass is 10.0. The Hall–Kier alpha value is -1.95. The van der Waals surface area contributed by atoms with E-state index in [1.165, 1.54) is 6.07 Å². The minimum Gasteiger partial charge on any atom is -0.339 e. The van der Waals surface area contributed by atoms with Crippen molar-refractivity contribution in [1.82, 2.24) is 9.88 Å². The minimum absolute atomic E-state index is 0.0281. The third-order valence-corrected chi connectivity index (χ3v) is 6.12. The van der Waals surface area contributed by atoms with Crippen LogP contribution >= 0.6 is 0 Å². The van der Waals surface area contributed by atoms with Gasteiger partial charge in [0, 0.05) is 18.0 Å². The lowest BCUT2D eigenvalue weighted by Gasteiger charge is -2.35. The first kappa shape index (κ1) is 16.9. The van der Waals surface area contributed by atoms with Gasteiger partial charge in [-0.25, -0.2) is 13.4 Å². The Balaban J connectivity index is 1.82. The summed E-state index contributed by atoms with van der Waals surface area (Å²) in [4.78, 5) is 18.5. The third-order valence-electron chi connectivity index (χ3n) is 4.62. The van der Waals surface area contributed by atoms with Crippen LogP contribution in [0, 0.1) is 0 Å². The maximum Gasteiger partial charge on any atom is 0.238 e. The summed E-state index contributed by atoms with van der Waals surface area (Å²) >= 11 is 0. The minimum atomic E-state index is -3.73. The number of rotatable bonds is 4. The Kier molecular flexibility index (Phi) is 4.85. The summed E-state index contributed by atoms with van der Waals surface area (Å²) in [6.45, 7) is 2.69. The first-order valence-corrected chi connectivity index (χ1v) is 10.0. The second-order valence-electron chi connectivity index (χ2n) is 6.25. The van der Waals surface area contributed by atoms with Crippen molar-refractivity contribution < 1.29 is 13.2 Å². The molecule has 1 aliphatic heterocycles. The summed E-state index contributed by atoms with van der Waals surface area (Å²) in [7, 11) is -3.73. The molecule has 0 N–H and O–H groups in total. The highest BCUT2D eigenvalue weighted by Crippen LogP contribution is 2.21. The average molecular weight is 346 g/mol. The smallest absolute Gasteiger partial charge is 0.238 e. The third kappa shape index (κ3) is 3.43. The predicted octanol–water partition coefficient (Wildman–Crippen LogP) is 2.80. The molecule has 2 heterocycles. The highest BCUT2D eigenvalue weighted by molar-refractivity contribution is 7.92. The molecule has 0 aliphatic carbocycles. The fraction of sp³-hybridized carbons (Fsp3) is 0.444. The summed E-state index contributed by atoms with van der Waals surface area (Å²) in [5.41, 5.74) is 0.621. The molecule has 1 aromatic heterocycles. The van der Waals surface area contributed by atoms with Crippen molar-refractivity contribution in [1.29, 1.82) is 0 Å². The Labute approximate surface area is 142 Å². The van der Waals surface area contributed by atoms with Crippen molar-refractivity contribution in [2.45, 2.75) is 43.7 Å². The largest absolute Gasteiger partial charge is 0.339 e. The Morgan fingerprint density at radius 3 is 2.79 bits per heavy atom. The maximum atomic E-state index is 12.6. The number of sulfone groups is 1. The summed E-state index contributed by atoms with van der Waals surface area (Å²) in [6.07, 6.45) is 3.86. The lowest BCUT2D eigenvalue weighted by molar-refractivity contribution is -0.132. The van der Waals surface area contributed by atoms with E-state index in [2.05, 4.69) is 4.98 Å². The van der Waals surface area contributed by atoms with Crippen molar-refractivity contribution >= 4 is 26.6 Å². The lowest BCUT2D eigenvalue weighted by Crippen LogP contribution is -2.45. The number of amides is 1. The molecule has 1 atom stereocenters. The van der Waals surface area contributed by atoms with Gasteiger partial charge >= 0.3 is 0 Å². The number of benzene rings is 1. The van der Waals surface area contributed by atoms with Crippen LogP contribution in [0.2, 0.25) is 0 Å². The zero-order chi connectivity index (χ0) is 17.2. The van der Waals surface area contributed by atoms with Crippen LogP contribution in [-0.2, 0) is 14.6 Å². The molecular weight excluding hydrogens is 324 g/mol. The molecule has 1 aromatic carbocycles. The number of pyridine rings is 1. The fourth-order valence-corrected chi connectivity index (χ4v) is 4.44. The Bertz CT molecular complexity index is 848. The van der Waals surface area contributed by atoms with Crippen LogP contribution in [0.1, 0.15) is 32.6 Å². The van der Waals surface area contributed by atoms with Gasteiger partial charge < -0.3 is 4.90 Å². The van der Waals surface area contributed by atoms with E-state index in [0.29, 0.717) is 12.1 Å². The van der Waals surface area contributed by atoms with E-state index < -0.39 is 15.6 Å². The van der Waals surface area contributed by atoms with E-state index in [4.69, 9.17) is 0 Å². The molecule has 6 heteroatoms. The molecule has 3 rings (SSSR count). The van der Waals surface area contributed by atoms with E-state index >= 15 is 0 Å². The molecule has 5 nitrogen and oxygen atoms in total. The van der Waals surface area contributed by atoms with Crippen LogP contribution in [0.5, 0.6) is 0 Å². The van der Waals surface area contributed by atoms with Crippen molar-refractivity contribution in [3.05, 3.63) is 36.4 Å². The van der Waals surface area contributed by atoms with Gasteiger partial charge in [0.25, 0.3) is 0 Å². The first-order chi connectivity index (χ1) is 11.5. The van der Waals surface area contributed by atoms with Gasteiger partial charge in [0.15, 0.2) is 5.03 Å². The molecule has 128 valence electrons. The quantitative estimate of drug-likeness (QED) is 0.854. The highest BCUT2D eigenvalue weighted by atomic mass is 32.2. The van der Waals surface area contributed by atoms with Gasteiger partial charge in [-0.05, 0) is 43.9 Å². The van der Waals surface area contributed by atoms with Crippen LogP contribution in [0.15, 0.2) is 41.4 Å². The van der Waals surface area contributed by atoms with Gasteiger partial charge in [-0.1, -0.05) is 25.1 Å². The number of likely N-dealkylation sites (tertiary alicyclic amines) is 1. The van der Waals surface area contributed by atoms with Crippen LogP contribution in [0.4, 0.5) is 0 Å². The fourth-order valence-electron chi connectivity index (χ4n) is 3.29. The maximum absolute atomic E-state index is 12.6. The molecule has 0 unspecified atom stereocenters. The van der Waals surface area contributed by atoms with Gasteiger partial charge in [0.1, 0.15) is 5.75 Å². The van der Waals surface area contributed by atoms with Gasteiger partial charge in [-0.15, -0.1) is 0 Å². The van der Waals surface area contributed by atoms with Gasteiger partial charge in [-0.2, -0.15) is 0 Å². The van der Waals surface area contributed by atoms with E-state index in [9.17, 15) is 13.2 Å². The van der Waals surface area contributed by atoms with Crippen molar-refractivity contribution in [2.75, 3.05) is 12.3 Å². The van der Waals surface area contributed by atoms with E-state index in [-0.39, 0.29) is 17.0 Å². The molecule has 2 aromatic rings. The summed E-state index contributed by atoms with van der Waals surface area (Å²) in [6, 6.07) is 10.7. The Morgan fingerprint density at radius 2 is 2.00 bits per heavy atom. The number of para-hydroxylation sites is 1. The molecule has 0 radical (unpaired) electrons. The summed E-state index contributed by atoms with van der Waals surface area (Å²) < 4.78 is 25.2. The first-order valence-electron chi connectivity index (χ1n) is 8.39. The average Bonchev–Trinajstić information content (AvgIpc) is 2.60. The van der Waals surface area contributed by atoms with Gasteiger partial charge in [0.2, 0.25) is 15.7 Å². The van der Waals surface area contributed by atoms with Crippen LogP contribution in [0.3, 0.4) is 0 Å². The number of fused-ring (bicyclic) bond motifs is 1.